The number of hydroxylamine groups is 2. The summed E-state index contributed by atoms with van der Waals surface area (Å²) in [6, 6.07) is 9.55. The minimum absolute atomic E-state index is 0.114. The fourth-order valence-electron chi connectivity index (χ4n) is 5.38. The lowest BCUT2D eigenvalue weighted by molar-refractivity contribution is -0.288. The van der Waals surface area contributed by atoms with Crippen LogP contribution in [0.5, 0.6) is 0 Å². The molecular formula is C25H32N3O3. The Morgan fingerprint density at radius 2 is 1.58 bits per heavy atom. The topological polar surface area (TPSA) is 72.6 Å². The highest BCUT2D eigenvalue weighted by atomic mass is 16.5. The van der Waals surface area contributed by atoms with Gasteiger partial charge in [0, 0.05) is 51.3 Å². The molecular weight excluding hydrogens is 390 g/mol. The van der Waals surface area contributed by atoms with E-state index in [1.165, 1.54) is 9.96 Å². The molecule has 6 heteroatoms. The number of unbranched alkanes of at least 4 members (excludes halogenated alkanes) is 1. The van der Waals surface area contributed by atoms with Crippen molar-refractivity contribution in [2.45, 2.75) is 77.4 Å². The Balaban J connectivity index is 1.72. The van der Waals surface area contributed by atoms with Gasteiger partial charge < -0.3 is 5.32 Å². The zero-order valence-corrected chi connectivity index (χ0v) is 19.1. The van der Waals surface area contributed by atoms with Crippen molar-refractivity contribution in [1.29, 1.82) is 0 Å². The Labute approximate surface area is 184 Å². The Morgan fingerprint density at radius 3 is 2.19 bits per heavy atom. The number of amides is 2. The number of carbonyl (C=O) groups excluding carboxylic acids is 2. The van der Waals surface area contributed by atoms with Gasteiger partial charge in [-0.15, -0.1) is 10.3 Å². The lowest BCUT2D eigenvalue weighted by Gasteiger charge is -2.50. The van der Waals surface area contributed by atoms with E-state index in [4.69, 9.17) is 0 Å². The van der Waals surface area contributed by atoms with Crippen molar-refractivity contribution in [2.75, 3.05) is 11.9 Å². The summed E-state index contributed by atoms with van der Waals surface area (Å²) in [5.74, 6) is -0.425. The van der Waals surface area contributed by atoms with Crippen molar-refractivity contribution in [1.82, 2.24) is 9.96 Å². The number of rotatable bonds is 5. The van der Waals surface area contributed by atoms with Crippen LogP contribution < -0.4 is 5.32 Å². The summed E-state index contributed by atoms with van der Waals surface area (Å²) in [4.78, 5) is 27.5. The van der Waals surface area contributed by atoms with Gasteiger partial charge in [-0.25, -0.2) is 0 Å². The SMILES string of the molecule is CCCCN1C(=O)c2cccc3c(NC4CC(C)(C)N([O])C(C)(C)C4)ccc(c23)C1=O. The first kappa shape index (κ1) is 21.8. The third kappa shape index (κ3) is 3.62. The molecule has 0 aliphatic carbocycles. The number of hydrogen-bond acceptors (Lipinski definition) is 4. The summed E-state index contributed by atoms with van der Waals surface area (Å²) in [7, 11) is 0. The van der Waals surface area contributed by atoms with E-state index in [-0.39, 0.29) is 17.9 Å². The van der Waals surface area contributed by atoms with Crippen molar-refractivity contribution in [2.24, 2.45) is 0 Å². The van der Waals surface area contributed by atoms with Gasteiger partial charge in [0.15, 0.2) is 0 Å². The number of piperidine rings is 1. The van der Waals surface area contributed by atoms with Crippen molar-refractivity contribution < 1.29 is 14.8 Å². The molecule has 0 saturated carbocycles. The van der Waals surface area contributed by atoms with Crippen molar-refractivity contribution in [3.8, 4) is 0 Å². The van der Waals surface area contributed by atoms with E-state index in [2.05, 4.69) is 5.32 Å². The molecule has 165 valence electrons. The van der Waals surface area contributed by atoms with Crippen LogP contribution >= 0.6 is 0 Å². The van der Waals surface area contributed by atoms with Gasteiger partial charge in [-0.3, -0.25) is 14.5 Å². The third-order valence-corrected chi connectivity index (χ3v) is 6.68. The maximum Gasteiger partial charge on any atom is 0.261 e. The van der Waals surface area contributed by atoms with Gasteiger partial charge in [0.25, 0.3) is 11.8 Å². The highest BCUT2D eigenvalue weighted by molar-refractivity contribution is 6.26. The predicted octanol–water partition coefficient (Wildman–Crippen LogP) is 5.01. The summed E-state index contributed by atoms with van der Waals surface area (Å²) in [5.41, 5.74) is 1.12. The van der Waals surface area contributed by atoms with Gasteiger partial charge in [-0.1, -0.05) is 25.5 Å². The van der Waals surface area contributed by atoms with Crippen LogP contribution in [0.15, 0.2) is 30.3 Å². The second-order valence-corrected chi connectivity index (χ2v) is 10.2. The summed E-state index contributed by atoms with van der Waals surface area (Å²) in [6.07, 6.45) is 3.15. The minimum Gasteiger partial charge on any atom is -0.382 e. The Bertz CT molecular complexity index is 1000. The zero-order valence-electron chi connectivity index (χ0n) is 19.1. The van der Waals surface area contributed by atoms with Gasteiger partial charge in [0.1, 0.15) is 0 Å². The highest BCUT2D eigenvalue weighted by Gasteiger charge is 2.46. The quantitative estimate of drug-likeness (QED) is 0.687. The van der Waals surface area contributed by atoms with Gasteiger partial charge in [-0.2, -0.15) is 0 Å². The monoisotopic (exact) mass is 422 g/mol. The van der Waals surface area contributed by atoms with Gasteiger partial charge >= 0.3 is 0 Å². The van der Waals surface area contributed by atoms with E-state index in [0.29, 0.717) is 30.5 Å². The minimum atomic E-state index is -0.475. The van der Waals surface area contributed by atoms with E-state index in [0.717, 1.165) is 29.3 Å². The smallest absolute Gasteiger partial charge is 0.261 e. The third-order valence-electron chi connectivity index (χ3n) is 6.68. The van der Waals surface area contributed by atoms with Crippen molar-refractivity contribution in [3.63, 3.8) is 0 Å². The molecule has 1 saturated heterocycles. The molecule has 0 spiro atoms. The Kier molecular flexibility index (Phi) is 5.34. The summed E-state index contributed by atoms with van der Waals surface area (Å²) in [5, 5.41) is 19.2. The standard InChI is InChI=1S/C25H32N3O3/c1-6-7-13-27-22(29)18-10-8-9-17-20(12-11-19(21(17)18)23(27)30)26-16-14-24(2,3)28(31)25(4,5)15-16/h8-12,16,26H,6-7,13-15H2,1-5H3. The number of anilines is 1. The summed E-state index contributed by atoms with van der Waals surface area (Å²) in [6.45, 7) is 10.4. The molecule has 0 aromatic heterocycles. The van der Waals surface area contributed by atoms with Gasteiger partial charge in [0.2, 0.25) is 0 Å². The zero-order chi connectivity index (χ0) is 22.6. The number of imide groups is 1. The first-order chi connectivity index (χ1) is 14.6. The fraction of sp³-hybridized carbons (Fsp3) is 0.520. The summed E-state index contributed by atoms with van der Waals surface area (Å²) >= 11 is 0. The van der Waals surface area contributed by atoms with Crippen LogP contribution in [0.1, 0.15) is 81.0 Å². The molecule has 2 heterocycles. The molecule has 6 nitrogen and oxygen atoms in total. The Morgan fingerprint density at radius 1 is 0.968 bits per heavy atom. The second-order valence-electron chi connectivity index (χ2n) is 10.2. The number of carbonyl (C=O) groups is 2. The molecule has 0 atom stereocenters. The number of benzene rings is 2. The second kappa shape index (κ2) is 7.61. The van der Waals surface area contributed by atoms with Gasteiger partial charge in [0.05, 0.1) is 0 Å². The fourth-order valence-corrected chi connectivity index (χ4v) is 5.38. The van der Waals surface area contributed by atoms with Crippen LogP contribution in [-0.4, -0.2) is 45.4 Å². The average molecular weight is 423 g/mol. The maximum absolute atomic E-state index is 13.1. The first-order valence-electron chi connectivity index (χ1n) is 11.2. The summed E-state index contributed by atoms with van der Waals surface area (Å²) < 4.78 is 0. The molecule has 2 aliphatic rings. The van der Waals surface area contributed by atoms with Crippen LogP contribution in [-0.2, 0) is 5.21 Å². The Hall–Kier alpha value is -2.44. The van der Waals surface area contributed by atoms with E-state index < -0.39 is 11.1 Å². The molecule has 2 aromatic rings. The van der Waals surface area contributed by atoms with E-state index in [1.807, 2.05) is 65.0 Å². The molecule has 0 unspecified atom stereocenters. The molecule has 1 fully saturated rings. The lowest BCUT2D eigenvalue weighted by atomic mass is 9.79. The number of nitrogens with zero attached hydrogens (tertiary/aromatic N) is 2. The molecule has 31 heavy (non-hydrogen) atoms. The molecule has 2 aliphatic heterocycles. The molecule has 4 rings (SSSR count). The lowest BCUT2D eigenvalue weighted by Crippen LogP contribution is -2.60. The highest BCUT2D eigenvalue weighted by Crippen LogP contribution is 2.40. The number of nitrogens with one attached hydrogen (secondary N) is 1. The molecule has 1 N–H and O–H groups in total. The molecule has 0 bridgehead atoms. The van der Waals surface area contributed by atoms with E-state index in [9.17, 15) is 14.8 Å². The van der Waals surface area contributed by atoms with Crippen LogP contribution in [0.4, 0.5) is 5.69 Å². The maximum atomic E-state index is 13.1. The van der Waals surface area contributed by atoms with Gasteiger partial charge in [-0.05, 0) is 65.2 Å². The van der Waals surface area contributed by atoms with E-state index >= 15 is 0 Å². The van der Waals surface area contributed by atoms with Crippen LogP contribution in [0.3, 0.4) is 0 Å². The van der Waals surface area contributed by atoms with E-state index in [1.54, 1.807) is 0 Å². The predicted molar refractivity (Wildman–Crippen MR) is 122 cm³/mol. The van der Waals surface area contributed by atoms with Crippen LogP contribution in [0, 0.1) is 0 Å². The first-order valence-corrected chi connectivity index (χ1v) is 11.2. The van der Waals surface area contributed by atoms with Crippen molar-refractivity contribution in [3.05, 3.63) is 41.5 Å². The van der Waals surface area contributed by atoms with Crippen molar-refractivity contribution >= 4 is 28.3 Å². The molecule has 2 aromatic carbocycles. The molecule has 1 radical (unpaired) electrons. The van der Waals surface area contributed by atoms with Crippen LogP contribution in [0.2, 0.25) is 0 Å². The largest absolute Gasteiger partial charge is 0.382 e. The molecule has 2 amide bonds. The van der Waals surface area contributed by atoms with Crippen LogP contribution in [0.25, 0.3) is 10.8 Å². The normalized spacial score (nSPS) is 21.0. The number of hydrogen-bond donors (Lipinski definition) is 1. The average Bonchev–Trinajstić information content (AvgIpc) is 2.70.